The first kappa shape index (κ1) is 25.2. The molecule has 2 aromatic carbocycles. The summed E-state index contributed by atoms with van der Waals surface area (Å²) in [6, 6.07) is 13.8. The van der Waals surface area contributed by atoms with Crippen molar-refractivity contribution in [2.45, 2.75) is 58.3 Å². The molecule has 1 amide bonds. The number of aromatic amines is 1. The average Bonchev–Trinajstić information content (AvgIpc) is 3.23. The second kappa shape index (κ2) is 10.4. The molecule has 3 N–H and O–H groups in total. The summed E-state index contributed by atoms with van der Waals surface area (Å²) in [6.45, 7) is 4.69. The number of carbonyl (C=O) groups excluding carboxylic acids is 1. The van der Waals surface area contributed by atoms with Crippen molar-refractivity contribution in [1.29, 1.82) is 0 Å². The molecule has 1 aliphatic carbocycles. The molecule has 1 aliphatic rings. The standard InChI is InChI=1S/C27H30F3N3OS/c1-3-16(2)23(26(35)31-15-17-8-5-4-6-9-17)33-25(34)18-12-13-22-20(14-18)19-10-7-11-21(24(19)32-22)27(28,29)30/h4-11,16,18,23,32H,3,12-15H2,1-2H3,(H,31,35)(H,33,34)/t16?,18?,23-/m0/s1. The number of thiocarbonyl (C=S) groups is 1. The summed E-state index contributed by atoms with van der Waals surface area (Å²) in [5.41, 5.74) is 2.13. The Balaban J connectivity index is 1.48. The van der Waals surface area contributed by atoms with Gasteiger partial charge in [0.05, 0.1) is 22.1 Å². The van der Waals surface area contributed by atoms with E-state index in [1.807, 2.05) is 30.3 Å². The van der Waals surface area contributed by atoms with Gasteiger partial charge in [0, 0.05) is 23.5 Å². The van der Waals surface area contributed by atoms with Gasteiger partial charge in [-0.3, -0.25) is 4.79 Å². The van der Waals surface area contributed by atoms with Crippen molar-refractivity contribution in [2.24, 2.45) is 11.8 Å². The Labute approximate surface area is 208 Å². The molecule has 1 aromatic heterocycles. The maximum Gasteiger partial charge on any atom is 0.418 e. The number of hydrogen-bond donors (Lipinski definition) is 3. The number of aromatic nitrogens is 1. The van der Waals surface area contributed by atoms with Crippen LogP contribution in [0.4, 0.5) is 13.2 Å². The van der Waals surface area contributed by atoms with Crippen LogP contribution in [0.3, 0.4) is 0 Å². The van der Waals surface area contributed by atoms with E-state index in [-0.39, 0.29) is 29.3 Å². The summed E-state index contributed by atoms with van der Waals surface area (Å²) in [4.78, 5) is 16.9. The Hall–Kier alpha value is -2.87. The number of nitrogens with one attached hydrogen (secondary N) is 3. The van der Waals surface area contributed by atoms with Crippen LogP contribution in [0.25, 0.3) is 10.9 Å². The second-order valence-electron chi connectivity index (χ2n) is 9.32. The molecule has 1 heterocycles. The van der Waals surface area contributed by atoms with E-state index in [1.165, 1.54) is 6.07 Å². The smallest absolute Gasteiger partial charge is 0.374 e. The summed E-state index contributed by atoms with van der Waals surface area (Å²) in [6.07, 6.45) is -2.08. The van der Waals surface area contributed by atoms with Gasteiger partial charge < -0.3 is 15.6 Å². The zero-order valence-electron chi connectivity index (χ0n) is 19.8. The van der Waals surface area contributed by atoms with Crippen LogP contribution in [-0.4, -0.2) is 21.9 Å². The van der Waals surface area contributed by atoms with E-state index < -0.39 is 11.7 Å². The van der Waals surface area contributed by atoms with Crippen LogP contribution in [0.1, 0.15) is 49.1 Å². The Morgan fingerprint density at radius 1 is 1.17 bits per heavy atom. The minimum atomic E-state index is -4.43. The Kier molecular flexibility index (Phi) is 7.50. The molecule has 0 aliphatic heterocycles. The fourth-order valence-corrected chi connectivity index (χ4v) is 5.13. The Bertz CT molecular complexity index is 1210. The van der Waals surface area contributed by atoms with Gasteiger partial charge in [0.25, 0.3) is 0 Å². The first-order valence-corrected chi connectivity index (χ1v) is 12.4. The minimum Gasteiger partial charge on any atom is -0.374 e. The number of halogens is 3. The van der Waals surface area contributed by atoms with Gasteiger partial charge >= 0.3 is 6.18 Å². The molecule has 0 radical (unpaired) electrons. The number of rotatable bonds is 7. The van der Waals surface area contributed by atoms with Crippen LogP contribution in [0.2, 0.25) is 0 Å². The van der Waals surface area contributed by atoms with Gasteiger partial charge in [-0.2, -0.15) is 13.2 Å². The minimum absolute atomic E-state index is 0.105. The Morgan fingerprint density at radius 2 is 1.91 bits per heavy atom. The molecule has 2 unspecified atom stereocenters. The fraction of sp³-hybridized carbons (Fsp3) is 0.407. The topological polar surface area (TPSA) is 56.9 Å². The van der Waals surface area contributed by atoms with Crippen molar-refractivity contribution < 1.29 is 18.0 Å². The number of amides is 1. The van der Waals surface area contributed by atoms with Crippen molar-refractivity contribution in [3.63, 3.8) is 0 Å². The van der Waals surface area contributed by atoms with Crippen molar-refractivity contribution in [3.05, 3.63) is 70.9 Å². The van der Waals surface area contributed by atoms with E-state index in [4.69, 9.17) is 12.2 Å². The molecule has 4 rings (SSSR count). The number of aryl methyl sites for hydroxylation is 1. The highest BCUT2D eigenvalue weighted by atomic mass is 32.1. The zero-order chi connectivity index (χ0) is 25.2. The van der Waals surface area contributed by atoms with E-state index in [2.05, 4.69) is 29.5 Å². The molecule has 0 saturated heterocycles. The van der Waals surface area contributed by atoms with E-state index in [1.54, 1.807) is 6.07 Å². The lowest BCUT2D eigenvalue weighted by Crippen LogP contribution is -2.51. The van der Waals surface area contributed by atoms with Gasteiger partial charge in [-0.15, -0.1) is 0 Å². The third-order valence-corrected chi connectivity index (χ3v) is 7.40. The third kappa shape index (κ3) is 5.53. The molecular weight excluding hydrogens is 471 g/mol. The molecule has 0 spiro atoms. The molecular formula is C27H30F3N3OS. The number of para-hydroxylation sites is 1. The summed E-state index contributed by atoms with van der Waals surface area (Å²) < 4.78 is 40.5. The monoisotopic (exact) mass is 501 g/mol. The van der Waals surface area contributed by atoms with E-state index in [0.717, 1.165) is 29.3 Å². The van der Waals surface area contributed by atoms with Gasteiger partial charge in [0.15, 0.2) is 0 Å². The summed E-state index contributed by atoms with van der Waals surface area (Å²) >= 11 is 5.66. The van der Waals surface area contributed by atoms with Crippen LogP contribution < -0.4 is 10.6 Å². The summed E-state index contributed by atoms with van der Waals surface area (Å²) in [5, 5.41) is 6.98. The van der Waals surface area contributed by atoms with E-state index >= 15 is 0 Å². The highest BCUT2D eigenvalue weighted by Crippen LogP contribution is 2.39. The number of benzene rings is 2. The summed E-state index contributed by atoms with van der Waals surface area (Å²) in [7, 11) is 0. The van der Waals surface area contributed by atoms with Crippen LogP contribution in [0.5, 0.6) is 0 Å². The van der Waals surface area contributed by atoms with Gasteiger partial charge in [-0.25, -0.2) is 0 Å². The molecule has 0 saturated carbocycles. The van der Waals surface area contributed by atoms with Gasteiger partial charge in [0.2, 0.25) is 5.91 Å². The largest absolute Gasteiger partial charge is 0.418 e. The summed E-state index contributed by atoms with van der Waals surface area (Å²) in [5.74, 6) is -0.290. The maximum atomic E-state index is 13.5. The number of H-pyrrole nitrogens is 1. The predicted octanol–water partition coefficient (Wildman–Crippen LogP) is 5.94. The lowest BCUT2D eigenvalue weighted by Gasteiger charge is -2.29. The molecule has 186 valence electrons. The first-order valence-electron chi connectivity index (χ1n) is 12.0. The molecule has 8 heteroatoms. The van der Waals surface area contributed by atoms with Crippen LogP contribution in [0, 0.1) is 11.8 Å². The van der Waals surface area contributed by atoms with Crippen molar-refractivity contribution in [3.8, 4) is 0 Å². The molecule has 3 aromatic rings. The quantitative estimate of drug-likeness (QED) is 0.351. The second-order valence-corrected chi connectivity index (χ2v) is 9.76. The third-order valence-electron chi connectivity index (χ3n) is 7.00. The lowest BCUT2D eigenvalue weighted by molar-refractivity contribution is -0.136. The number of alkyl halides is 3. The van der Waals surface area contributed by atoms with Crippen molar-refractivity contribution >= 4 is 34.0 Å². The SMILES string of the molecule is CCC(C)[C@H](NC(=O)C1CCc2[nH]c3c(C(F)(F)F)cccc3c2C1)C(=S)NCc1ccccc1. The molecule has 35 heavy (non-hydrogen) atoms. The molecule has 0 fully saturated rings. The van der Waals surface area contributed by atoms with Crippen LogP contribution >= 0.6 is 12.2 Å². The molecule has 3 atom stereocenters. The van der Waals surface area contributed by atoms with Crippen molar-refractivity contribution in [2.75, 3.05) is 0 Å². The van der Waals surface area contributed by atoms with Gasteiger partial charge in [0.1, 0.15) is 0 Å². The maximum absolute atomic E-state index is 13.5. The number of fused-ring (bicyclic) bond motifs is 3. The van der Waals surface area contributed by atoms with E-state index in [9.17, 15) is 18.0 Å². The van der Waals surface area contributed by atoms with Crippen LogP contribution in [0.15, 0.2) is 48.5 Å². The highest BCUT2D eigenvalue weighted by Gasteiger charge is 2.36. The average molecular weight is 502 g/mol. The van der Waals surface area contributed by atoms with Gasteiger partial charge in [-0.1, -0.05) is 75.0 Å². The Morgan fingerprint density at radius 3 is 2.60 bits per heavy atom. The molecule has 0 bridgehead atoms. The zero-order valence-corrected chi connectivity index (χ0v) is 20.7. The normalized spacial score (nSPS) is 17.5. The molecule has 4 nitrogen and oxygen atoms in total. The number of carbonyl (C=O) groups is 1. The van der Waals surface area contributed by atoms with Gasteiger partial charge in [-0.05, 0) is 42.4 Å². The predicted molar refractivity (Wildman–Crippen MR) is 136 cm³/mol. The van der Waals surface area contributed by atoms with Crippen LogP contribution in [-0.2, 0) is 30.4 Å². The lowest BCUT2D eigenvalue weighted by atomic mass is 9.85. The highest BCUT2D eigenvalue weighted by molar-refractivity contribution is 7.80. The van der Waals surface area contributed by atoms with E-state index in [0.29, 0.717) is 36.2 Å². The first-order chi connectivity index (χ1) is 16.7. The van der Waals surface area contributed by atoms with Crippen molar-refractivity contribution in [1.82, 2.24) is 15.6 Å². The number of hydrogen-bond acceptors (Lipinski definition) is 2. The fourth-order valence-electron chi connectivity index (χ4n) is 4.77.